The van der Waals surface area contributed by atoms with Crippen LogP contribution in [0.1, 0.15) is 39.5 Å². The molecule has 0 aromatic carbocycles. The molecule has 0 spiro atoms. The quantitative estimate of drug-likeness (QED) is 0.480. The predicted octanol–water partition coefficient (Wildman–Crippen LogP) is -0.0658. The maximum Gasteiger partial charge on any atom is 0.332 e. The SMILES string of the molecule is CCOC(=O)C(N)C(=O)NC1(CO)CCC(C)CC1. The van der Waals surface area contributed by atoms with E-state index in [9.17, 15) is 14.7 Å². The molecular weight excluding hydrogens is 248 g/mol. The molecule has 1 amide bonds. The highest BCUT2D eigenvalue weighted by Gasteiger charge is 2.37. The van der Waals surface area contributed by atoms with Gasteiger partial charge < -0.3 is 20.9 Å². The summed E-state index contributed by atoms with van der Waals surface area (Å²) in [5.74, 6) is -0.727. The van der Waals surface area contributed by atoms with Crippen molar-refractivity contribution in [1.82, 2.24) is 5.32 Å². The highest BCUT2D eigenvalue weighted by Crippen LogP contribution is 2.31. The lowest BCUT2D eigenvalue weighted by Gasteiger charge is -2.39. The molecule has 19 heavy (non-hydrogen) atoms. The van der Waals surface area contributed by atoms with Gasteiger partial charge in [-0.15, -0.1) is 0 Å². The van der Waals surface area contributed by atoms with E-state index in [1.807, 2.05) is 0 Å². The van der Waals surface area contributed by atoms with E-state index < -0.39 is 23.5 Å². The number of hydrogen-bond donors (Lipinski definition) is 3. The molecule has 0 aromatic heterocycles. The number of amides is 1. The molecule has 0 radical (unpaired) electrons. The third kappa shape index (κ3) is 4.18. The number of ether oxygens (including phenoxy) is 1. The molecular formula is C13H24N2O4. The first-order valence-electron chi connectivity index (χ1n) is 6.79. The van der Waals surface area contributed by atoms with Crippen molar-refractivity contribution in [1.29, 1.82) is 0 Å². The first-order chi connectivity index (χ1) is 8.94. The lowest BCUT2D eigenvalue weighted by molar-refractivity contribution is -0.148. The molecule has 1 saturated carbocycles. The topological polar surface area (TPSA) is 102 Å². The Morgan fingerprint density at radius 1 is 1.47 bits per heavy atom. The normalized spacial score (nSPS) is 28.5. The minimum atomic E-state index is -1.33. The summed E-state index contributed by atoms with van der Waals surface area (Å²) in [6.45, 7) is 3.84. The van der Waals surface area contributed by atoms with Crippen LogP contribution in [0.25, 0.3) is 0 Å². The van der Waals surface area contributed by atoms with Gasteiger partial charge in [-0.25, -0.2) is 4.79 Å². The van der Waals surface area contributed by atoms with E-state index in [4.69, 9.17) is 10.5 Å². The lowest BCUT2D eigenvalue weighted by atomic mass is 9.77. The summed E-state index contributed by atoms with van der Waals surface area (Å²) < 4.78 is 4.71. The second-order valence-corrected chi connectivity index (χ2v) is 5.34. The number of aliphatic hydroxyl groups is 1. The van der Waals surface area contributed by atoms with E-state index in [2.05, 4.69) is 12.2 Å². The van der Waals surface area contributed by atoms with Crippen molar-refractivity contribution in [3.63, 3.8) is 0 Å². The summed E-state index contributed by atoms with van der Waals surface area (Å²) in [4.78, 5) is 23.3. The number of carbonyl (C=O) groups excluding carboxylic acids is 2. The van der Waals surface area contributed by atoms with Gasteiger partial charge in [0.15, 0.2) is 6.04 Å². The molecule has 1 aliphatic rings. The number of nitrogens with two attached hydrogens (primary N) is 1. The van der Waals surface area contributed by atoms with Crippen molar-refractivity contribution in [2.75, 3.05) is 13.2 Å². The molecule has 0 saturated heterocycles. The van der Waals surface area contributed by atoms with E-state index in [1.54, 1.807) is 6.92 Å². The van der Waals surface area contributed by atoms with Gasteiger partial charge in [0.1, 0.15) is 0 Å². The van der Waals surface area contributed by atoms with Gasteiger partial charge in [-0.1, -0.05) is 6.92 Å². The average Bonchev–Trinajstić information content (AvgIpc) is 2.41. The molecule has 1 fully saturated rings. The van der Waals surface area contributed by atoms with E-state index >= 15 is 0 Å². The molecule has 0 aromatic rings. The van der Waals surface area contributed by atoms with Crippen molar-refractivity contribution in [3.8, 4) is 0 Å². The predicted molar refractivity (Wildman–Crippen MR) is 70.2 cm³/mol. The molecule has 6 heteroatoms. The first-order valence-corrected chi connectivity index (χ1v) is 6.79. The fraction of sp³-hybridized carbons (Fsp3) is 0.846. The van der Waals surface area contributed by atoms with E-state index in [1.165, 1.54) is 0 Å². The number of carbonyl (C=O) groups is 2. The summed E-state index contributed by atoms with van der Waals surface area (Å²) in [6, 6.07) is -1.33. The van der Waals surface area contributed by atoms with Crippen LogP contribution < -0.4 is 11.1 Å². The van der Waals surface area contributed by atoms with Crippen LogP contribution in [0.2, 0.25) is 0 Å². The van der Waals surface area contributed by atoms with Crippen molar-refractivity contribution >= 4 is 11.9 Å². The number of nitrogens with one attached hydrogen (secondary N) is 1. The first kappa shape index (κ1) is 15.9. The Balaban J connectivity index is 2.60. The van der Waals surface area contributed by atoms with E-state index in [0.717, 1.165) is 12.8 Å². The maximum atomic E-state index is 11.9. The van der Waals surface area contributed by atoms with Gasteiger partial charge in [0.05, 0.1) is 18.8 Å². The average molecular weight is 272 g/mol. The molecule has 1 rings (SSSR count). The van der Waals surface area contributed by atoms with Crippen molar-refractivity contribution in [3.05, 3.63) is 0 Å². The minimum Gasteiger partial charge on any atom is -0.464 e. The van der Waals surface area contributed by atoms with Gasteiger partial charge in [0.25, 0.3) is 0 Å². The molecule has 0 heterocycles. The monoisotopic (exact) mass is 272 g/mol. The summed E-state index contributed by atoms with van der Waals surface area (Å²) in [5.41, 5.74) is 4.89. The van der Waals surface area contributed by atoms with Gasteiger partial charge in [0, 0.05) is 0 Å². The molecule has 0 aliphatic heterocycles. The molecule has 1 unspecified atom stereocenters. The Kier molecular flexibility index (Phi) is 5.75. The van der Waals surface area contributed by atoms with Gasteiger partial charge in [-0.2, -0.15) is 0 Å². The molecule has 110 valence electrons. The Labute approximate surface area is 113 Å². The largest absolute Gasteiger partial charge is 0.464 e. The van der Waals surface area contributed by atoms with Crippen molar-refractivity contribution < 1.29 is 19.4 Å². The van der Waals surface area contributed by atoms with Crippen LogP contribution in [0.4, 0.5) is 0 Å². The lowest BCUT2D eigenvalue weighted by Crippen LogP contribution is -2.58. The van der Waals surface area contributed by atoms with Crippen LogP contribution in [-0.4, -0.2) is 41.8 Å². The standard InChI is InChI=1S/C13H24N2O4/c1-3-19-12(18)10(14)11(17)15-13(8-16)6-4-9(2)5-7-13/h9-10,16H,3-8,14H2,1-2H3,(H,15,17). The van der Waals surface area contributed by atoms with Crippen LogP contribution in [0.15, 0.2) is 0 Å². The fourth-order valence-electron chi connectivity index (χ4n) is 2.32. The van der Waals surface area contributed by atoms with Gasteiger partial charge in [-0.05, 0) is 38.5 Å². The van der Waals surface area contributed by atoms with Crippen molar-refractivity contribution in [2.24, 2.45) is 11.7 Å². The van der Waals surface area contributed by atoms with Crippen LogP contribution in [0.5, 0.6) is 0 Å². The molecule has 4 N–H and O–H groups in total. The highest BCUT2D eigenvalue weighted by atomic mass is 16.5. The Morgan fingerprint density at radius 3 is 2.53 bits per heavy atom. The Bertz CT molecular complexity index is 325. The zero-order valence-electron chi connectivity index (χ0n) is 11.6. The second kappa shape index (κ2) is 6.86. The van der Waals surface area contributed by atoms with Gasteiger partial charge in [-0.3, -0.25) is 4.79 Å². The van der Waals surface area contributed by atoms with Gasteiger partial charge >= 0.3 is 5.97 Å². The molecule has 6 nitrogen and oxygen atoms in total. The zero-order valence-corrected chi connectivity index (χ0v) is 11.6. The number of hydrogen-bond acceptors (Lipinski definition) is 5. The Morgan fingerprint density at radius 2 is 2.05 bits per heavy atom. The molecule has 1 atom stereocenters. The summed E-state index contributed by atoms with van der Waals surface area (Å²) in [6.07, 6.45) is 3.28. The van der Waals surface area contributed by atoms with E-state index in [-0.39, 0.29) is 13.2 Å². The van der Waals surface area contributed by atoms with Crippen molar-refractivity contribution in [2.45, 2.75) is 51.1 Å². The van der Waals surface area contributed by atoms with Crippen LogP contribution in [0.3, 0.4) is 0 Å². The summed E-state index contributed by atoms with van der Waals surface area (Å²) in [5, 5.41) is 12.3. The van der Waals surface area contributed by atoms with Crippen LogP contribution in [-0.2, 0) is 14.3 Å². The van der Waals surface area contributed by atoms with Crippen LogP contribution >= 0.6 is 0 Å². The summed E-state index contributed by atoms with van der Waals surface area (Å²) >= 11 is 0. The number of rotatable bonds is 5. The second-order valence-electron chi connectivity index (χ2n) is 5.34. The Hall–Kier alpha value is -1.14. The highest BCUT2D eigenvalue weighted by molar-refractivity contribution is 6.01. The zero-order chi connectivity index (χ0) is 14.5. The van der Waals surface area contributed by atoms with E-state index in [0.29, 0.717) is 18.8 Å². The third-order valence-corrected chi connectivity index (χ3v) is 3.75. The number of esters is 1. The van der Waals surface area contributed by atoms with Gasteiger partial charge in [0.2, 0.25) is 5.91 Å². The minimum absolute atomic E-state index is 0.138. The third-order valence-electron chi connectivity index (χ3n) is 3.75. The fourth-order valence-corrected chi connectivity index (χ4v) is 2.32. The smallest absolute Gasteiger partial charge is 0.332 e. The molecule has 0 bridgehead atoms. The number of aliphatic hydroxyl groups excluding tert-OH is 1. The molecule has 1 aliphatic carbocycles. The summed E-state index contributed by atoms with van der Waals surface area (Å²) in [7, 11) is 0. The van der Waals surface area contributed by atoms with Crippen LogP contribution in [0, 0.1) is 5.92 Å². The maximum absolute atomic E-state index is 11.9.